The van der Waals surface area contributed by atoms with Crippen LogP contribution in [0.3, 0.4) is 0 Å². The first-order chi connectivity index (χ1) is 34.2. The largest absolute Gasteiger partial charge is 0.508 e. The van der Waals surface area contributed by atoms with Crippen LogP contribution in [-0.2, 0) is 39.8 Å². The van der Waals surface area contributed by atoms with E-state index in [-0.39, 0.29) is 79.1 Å². The zero-order chi connectivity index (χ0) is 53.8. The number of phenolic OH excluding ortho intramolecular Hbond substituents is 2. The molecule has 0 aliphatic carbocycles. The van der Waals surface area contributed by atoms with Gasteiger partial charge in [0.15, 0.2) is 5.82 Å². The van der Waals surface area contributed by atoms with Crippen molar-refractivity contribution in [2.24, 2.45) is 5.92 Å². The van der Waals surface area contributed by atoms with E-state index in [0.717, 1.165) is 24.8 Å². The summed E-state index contributed by atoms with van der Waals surface area (Å²) in [6.45, 7) is 27.8. The van der Waals surface area contributed by atoms with Crippen LogP contribution >= 0.6 is 0 Å². The number of phenols is 2. The normalized spacial score (nSPS) is 16.9. The van der Waals surface area contributed by atoms with Gasteiger partial charge in [-0.2, -0.15) is 0 Å². The molecule has 0 atom stereocenters. The standard InChI is InChI=1S/C54H83N9O10/c1-13-55-51(70)50-57-56-49(42-31-41(37(2)3)43(64)32-44(42)65)63(50)40-16-14-38(15-17-40)30-39-18-20-62(21-19-39)45(66)33-58-22-24-59(34-46(67)71-52(4,5)6)26-28-61(36-48(69)73-54(10,11)12)29-27-60(25-23-58)35-47(68)72-53(7,8)9/h14-17,31-32,37,39,64-65H,13,18-30,33-36H2,1-12H3,(H,55,70). The van der Waals surface area contributed by atoms with Gasteiger partial charge in [-0.3, -0.25) is 48.1 Å². The Kier molecular flexibility index (Phi) is 20.4. The fourth-order valence-corrected chi connectivity index (χ4v) is 9.00. The fraction of sp³-hybridized carbons (Fsp3) is 0.648. The van der Waals surface area contributed by atoms with Crippen molar-refractivity contribution in [3.8, 4) is 28.6 Å². The molecule has 19 nitrogen and oxygen atoms in total. The lowest BCUT2D eigenvalue weighted by Crippen LogP contribution is -2.51. The highest BCUT2D eigenvalue weighted by molar-refractivity contribution is 5.92. The molecule has 0 radical (unpaired) electrons. The third-order valence-electron chi connectivity index (χ3n) is 12.5. The van der Waals surface area contributed by atoms with Crippen molar-refractivity contribution in [1.29, 1.82) is 0 Å². The highest BCUT2D eigenvalue weighted by Gasteiger charge is 2.30. The molecule has 3 aromatic rings. The lowest BCUT2D eigenvalue weighted by atomic mass is 9.90. The third kappa shape index (κ3) is 18.7. The van der Waals surface area contributed by atoms with Gasteiger partial charge in [-0.25, -0.2) is 0 Å². The average Bonchev–Trinajstić information content (AvgIpc) is 3.71. The Morgan fingerprint density at radius 1 is 0.630 bits per heavy atom. The minimum atomic E-state index is -0.663. The van der Waals surface area contributed by atoms with Crippen LogP contribution in [-0.4, -0.2) is 194 Å². The predicted octanol–water partition coefficient (Wildman–Crippen LogP) is 5.25. The van der Waals surface area contributed by atoms with E-state index in [1.165, 1.54) is 6.07 Å². The van der Waals surface area contributed by atoms with Crippen molar-refractivity contribution in [2.75, 3.05) is 98.2 Å². The van der Waals surface area contributed by atoms with Gasteiger partial charge < -0.3 is 34.6 Å². The Bertz CT molecular complexity index is 2300. The minimum Gasteiger partial charge on any atom is -0.508 e. The lowest BCUT2D eigenvalue weighted by molar-refractivity contribution is -0.158. The van der Waals surface area contributed by atoms with Gasteiger partial charge in [-0.15, -0.1) is 10.2 Å². The Balaban J connectivity index is 1.27. The molecule has 0 bridgehead atoms. The van der Waals surface area contributed by atoms with Crippen LogP contribution < -0.4 is 5.32 Å². The molecule has 0 spiro atoms. The lowest BCUT2D eigenvalue weighted by Gasteiger charge is -2.36. The molecule has 73 heavy (non-hydrogen) atoms. The van der Waals surface area contributed by atoms with Gasteiger partial charge in [0.25, 0.3) is 5.91 Å². The summed E-state index contributed by atoms with van der Waals surface area (Å²) in [6, 6.07) is 10.8. The van der Waals surface area contributed by atoms with E-state index in [1.54, 1.807) is 10.6 Å². The number of rotatable bonds is 15. The molecule has 0 unspecified atom stereocenters. The van der Waals surface area contributed by atoms with Crippen LogP contribution in [0.15, 0.2) is 36.4 Å². The molecular formula is C54H83N9O10. The van der Waals surface area contributed by atoms with E-state index in [0.29, 0.717) is 94.7 Å². The molecule has 19 heteroatoms. The summed E-state index contributed by atoms with van der Waals surface area (Å²) in [6.07, 6.45) is 2.42. The maximum atomic E-state index is 14.2. The molecular weight excluding hydrogens is 935 g/mol. The monoisotopic (exact) mass is 1020 g/mol. The van der Waals surface area contributed by atoms with Crippen LogP contribution in [0, 0.1) is 5.92 Å². The van der Waals surface area contributed by atoms with Crippen LogP contribution in [0.1, 0.15) is 124 Å². The second-order valence-corrected chi connectivity index (χ2v) is 22.7. The maximum Gasteiger partial charge on any atom is 0.320 e. The number of piperidine rings is 1. The van der Waals surface area contributed by atoms with Gasteiger partial charge in [0.2, 0.25) is 11.7 Å². The van der Waals surface area contributed by atoms with E-state index in [1.807, 2.05) is 127 Å². The molecule has 0 saturated carbocycles. The fourth-order valence-electron chi connectivity index (χ4n) is 9.00. The second-order valence-electron chi connectivity index (χ2n) is 22.7. The van der Waals surface area contributed by atoms with Gasteiger partial charge in [-0.05, 0) is 130 Å². The zero-order valence-corrected chi connectivity index (χ0v) is 45.6. The second kappa shape index (κ2) is 25.5. The Hall–Kier alpha value is -5.63. The first-order valence-corrected chi connectivity index (χ1v) is 25.9. The summed E-state index contributed by atoms with van der Waals surface area (Å²) in [4.78, 5) is 76.9. The Labute approximate surface area is 432 Å². The summed E-state index contributed by atoms with van der Waals surface area (Å²) in [5.74, 6) is -1.07. The SMILES string of the molecule is CCNC(=O)c1nnc(-c2cc(C(C)C)c(O)cc2O)n1-c1ccc(CC2CCN(C(=O)CN3CCN(CC(=O)OC(C)(C)C)CCN(CC(=O)OC(C)(C)C)CCN(CC(=O)OC(C)(C)C)CC3)CC2)cc1. The number of amides is 2. The van der Waals surface area contributed by atoms with Crippen molar-refractivity contribution < 1.29 is 48.4 Å². The maximum absolute atomic E-state index is 14.2. The minimum absolute atomic E-state index is 0.0173. The van der Waals surface area contributed by atoms with Crippen molar-refractivity contribution in [3.05, 3.63) is 53.3 Å². The smallest absolute Gasteiger partial charge is 0.320 e. The van der Waals surface area contributed by atoms with Gasteiger partial charge in [0, 0.05) is 83.7 Å². The molecule has 404 valence electrons. The van der Waals surface area contributed by atoms with Gasteiger partial charge in [-0.1, -0.05) is 26.0 Å². The average molecular weight is 1020 g/mol. The van der Waals surface area contributed by atoms with Crippen LogP contribution in [0.5, 0.6) is 11.5 Å². The molecule has 2 saturated heterocycles. The van der Waals surface area contributed by atoms with Crippen molar-refractivity contribution in [2.45, 2.75) is 125 Å². The van der Waals surface area contributed by atoms with Crippen molar-refractivity contribution in [3.63, 3.8) is 0 Å². The molecule has 2 fully saturated rings. The number of aromatic nitrogens is 3. The number of benzene rings is 2. The molecule has 2 aliphatic rings. The highest BCUT2D eigenvalue weighted by Crippen LogP contribution is 2.38. The summed E-state index contributed by atoms with van der Waals surface area (Å²) in [5.41, 5.74) is 0.702. The quantitative estimate of drug-likeness (QED) is 0.131. The molecule has 3 heterocycles. The van der Waals surface area contributed by atoms with Gasteiger partial charge in [0.05, 0.1) is 31.7 Å². The first-order valence-electron chi connectivity index (χ1n) is 25.9. The van der Waals surface area contributed by atoms with Crippen molar-refractivity contribution in [1.82, 2.24) is 44.6 Å². The number of aromatic hydroxyl groups is 2. The van der Waals surface area contributed by atoms with E-state index >= 15 is 0 Å². The number of carbonyl (C=O) groups excluding carboxylic acids is 5. The number of nitrogens with zero attached hydrogens (tertiary/aromatic N) is 8. The van der Waals surface area contributed by atoms with Crippen LogP contribution in [0.2, 0.25) is 0 Å². The molecule has 2 aromatic carbocycles. The highest BCUT2D eigenvalue weighted by atomic mass is 16.6. The molecule has 5 rings (SSSR count). The van der Waals surface area contributed by atoms with Crippen LogP contribution in [0.4, 0.5) is 0 Å². The third-order valence-corrected chi connectivity index (χ3v) is 12.5. The number of hydrogen-bond acceptors (Lipinski definition) is 16. The number of carbonyl (C=O) groups is 5. The summed E-state index contributed by atoms with van der Waals surface area (Å²) < 4.78 is 18.7. The molecule has 2 amide bonds. The summed E-state index contributed by atoms with van der Waals surface area (Å²) >= 11 is 0. The number of ether oxygens (including phenoxy) is 3. The first kappa shape index (κ1) is 58.3. The van der Waals surface area contributed by atoms with E-state index in [4.69, 9.17) is 14.2 Å². The van der Waals surface area contributed by atoms with E-state index in [2.05, 4.69) is 20.4 Å². The Morgan fingerprint density at radius 2 is 1.07 bits per heavy atom. The zero-order valence-electron chi connectivity index (χ0n) is 45.6. The number of esters is 3. The predicted molar refractivity (Wildman–Crippen MR) is 279 cm³/mol. The Morgan fingerprint density at radius 3 is 1.48 bits per heavy atom. The molecule has 1 aromatic heterocycles. The number of nitrogens with one attached hydrogen (secondary N) is 1. The van der Waals surface area contributed by atoms with Crippen LogP contribution in [0.25, 0.3) is 17.1 Å². The van der Waals surface area contributed by atoms with Crippen molar-refractivity contribution >= 4 is 29.7 Å². The molecule has 2 aliphatic heterocycles. The summed E-state index contributed by atoms with van der Waals surface area (Å²) in [7, 11) is 0. The van der Waals surface area contributed by atoms with Gasteiger partial charge in [0.1, 0.15) is 28.3 Å². The summed E-state index contributed by atoms with van der Waals surface area (Å²) in [5, 5.41) is 32.9. The topological polar surface area (TPSA) is 212 Å². The molecule has 3 N–H and O–H groups in total. The van der Waals surface area contributed by atoms with E-state index in [9.17, 15) is 34.2 Å². The number of likely N-dealkylation sites (tertiary alicyclic amines) is 1. The van der Waals surface area contributed by atoms with Gasteiger partial charge >= 0.3 is 17.9 Å². The van der Waals surface area contributed by atoms with E-state index < -0.39 is 22.7 Å². The number of hydrogen-bond donors (Lipinski definition) is 3.